The molecule has 0 aliphatic carbocycles. The van der Waals surface area contributed by atoms with Gasteiger partial charge in [0.2, 0.25) is 0 Å². The molecule has 4 aromatic rings. The summed E-state index contributed by atoms with van der Waals surface area (Å²) in [6, 6.07) is 22.5. The fourth-order valence-corrected chi connectivity index (χ4v) is 4.50. The van der Waals surface area contributed by atoms with Crippen molar-refractivity contribution < 1.29 is 13.7 Å². The molecule has 1 amide bonds. The van der Waals surface area contributed by atoms with Gasteiger partial charge < -0.3 is 9.45 Å². The van der Waals surface area contributed by atoms with Crippen LogP contribution in [0.4, 0.5) is 10.1 Å². The maximum atomic E-state index is 13.4. The Labute approximate surface area is 199 Å². The van der Waals surface area contributed by atoms with Crippen LogP contribution in [-0.2, 0) is 12.3 Å². The average molecular weight is 478 g/mol. The summed E-state index contributed by atoms with van der Waals surface area (Å²) >= 11 is 2.25. The maximum absolute atomic E-state index is 13.4. The van der Waals surface area contributed by atoms with Gasteiger partial charge in [0.1, 0.15) is 5.82 Å². The highest BCUT2D eigenvalue weighted by Gasteiger charge is 2.19. The molecule has 4 rings (SSSR count). The van der Waals surface area contributed by atoms with Gasteiger partial charge in [-0.2, -0.15) is 0 Å². The molecule has 0 atom stereocenters. The minimum atomic E-state index is -0.367. The lowest BCUT2D eigenvalue weighted by molar-refractivity contribution is 0.0984. The first kappa shape index (κ1) is 23.0. The summed E-state index contributed by atoms with van der Waals surface area (Å²) in [5.41, 5.74) is 2.72. The number of hydrogen-bond acceptors (Lipinski definition) is 6. The van der Waals surface area contributed by atoms with E-state index in [-0.39, 0.29) is 18.3 Å². The van der Waals surface area contributed by atoms with E-state index in [4.69, 9.17) is 0 Å². The third-order valence-electron chi connectivity index (χ3n) is 4.86. The summed E-state index contributed by atoms with van der Waals surface area (Å²) in [7, 11) is 0. The zero-order chi connectivity index (χ0) is 23.0. The van der Waals surface area contributed by atoms with Crippen molar-refractivity contribution in [1.82, 2.24) is 9.97 Å². The highest BCUT2D eigenvalue weighted by molar-refractivity contribution is 7.98. The highest BCUT2D eigenvalue weighted by Crippen LogP contribution is 2.27. The molecule has 2 aromatic carbocycles. The summed E-state index contributed by atoms with van der Waals surface area (Å²) in [5, 5.41) is 0.766. The molecule has 1 N–H and O–H groups in total. The van der Waals surface area contributed by atoms with E-state index >= 15 is 0 Å². The largest absolute Gasteiger partial charge is 0.325 e. The molecule has 0 aliphatic heterocycles. The second kappa shape index (κ2) is 11.1. The second-order valence-corrected chi connectivity index (χ2v) is 8.68. The molecule has 0 saturated heterocycles. The minimum Gasteiger partial charge on any atom is -0.325 e. The van der Waals surface area contributed by atoms with Crippen LogP contribution in [0.1, 0.15) is 21.6 Å². The first-order chi connectivity index (χ1) is 16.1. The molecule has 5 nitrogen and oxygen atoms in total. The van der Waals surface area contributed by atoms with Gasteiger partial charge >= 0.3 is 0 Å². The predicted octanol–water partition coefficient (Wildman–Crippen LogP) is 6.32. The van der Waals surface area contributed by atoms with Crippen molar-refractivity contribution in [2.24, 2.45) is 0 Å². The Morgan fingerprint density at radius 1 is 0.939 bits per heavy atom. The van der Waals surface area contributed by atoms with Crippen LogP contribution in [-0.4, -0.2) is 20.4 Å². The number of rotatable bonds is 8. The summed E-state index contributed by atoms with van der Waals surface area (Å²) in [6.45, 7) is 0.247. The van der Waals surface area contributed by atoms with Crippen LogP contribution in [0, 0.1) is 5.82 Å². The summed E-state index contributed by atoms with van der Waals surface area (Å²) in [4.78, 5) is 24.4. The lowest BCUT2D eigenvalue weighted by Gasteiger charge is -2.22. The van der Waals surface area contributed by atoms with E-state index in [9.17, 15) is 13.7 Å². The van der Waals surface area contributed by atoms with Gasteiger partial charge in [-0.25, -0.2) is 9.37 Å². The number of anilines is 1. The number of thioether (sulfide) groups is 1. The lowest BCUT2D eigenvalue weighted by Crippen LogP contribution is -2.30. The van der Waals surface area contributed by atoms with E-state index < -0.39 is 0 Å². The fourth-order valence-electron chi connectivity index (χ4n) is 3.17. The van der Waals surface area contributed by atoms with E-state index in [1.54, 1.807) is 41.6 Å². The Hall–Kier alpha value is -3.20. The molecule has 8 heteroatoms. The van der Waals surface area contributed by atoms with Crippen LogP contribution in [0.3, 0.4) is 0 Å². The minimum absolute atomic E-state index is 0.247. The predicted molar refractivity (Wildman–Crippen MR) is 130 cm³/mol. The third kappa shape index (κ3) is 5.98. The van der Waals surface area contributed by atoms with Gasteiger partial charge in [0.15, 0.2) is 0 Å². The number of carbonyl (C=O) groups excluding carboxylic acids is 1. The standard InChI is InChI=1S/C25H20FN3O2S2/c26-20-9-11-22(12-10-20)29(16-21-6-3-4-14-27-21)25(30)18-8-13-24(28-15-18)32-17-19-5-1-2-7-23(19)33-31/h1-15,31H,16-17H2. The molecular weight excluding hydrogens is 457 g/mol. The van der Waals surface area contributed by atoms with Crippen LogP contribution in [0.25, 0.3) is 0 Å². The average Bonchev–Trinajstić information content (AvgIpc) is 2.87. The lowest BCUT2D eigenvalue weighted by atomic mass is 10.2. The number of aromatic nitrogens is 2. The van der Waals surface area contributed by atoms with Crippen molar-refractivity contribution in [3.05, 3.63) is 114 Å². The van der Waals surface area contributed by atoms with Gasteiger partial charge in [-0.15, -0.1) is 11.8 Å². The number of halogens is 1. The third-order valence-corrected chi connectivity index (χ3v) is 6.45. The van der Waals surface area contributed by atoms with Gasteiger partial charge in [0, 0.05) is 40.8 Å². The molecule has 2 aromatic heterocycles. The van der Waals surface area contributed by atoms with E-state index in [1.165, 1.54) is 23.9 Å². The van der Waals surface area contributed by atoms with Crippen molar-refractivity contribution in [1.29, 1.82) is 0 Å². The van der Waals surface area contributed by atoms with E-state index in [0.717, 1.165) is 33.2 Å². The molecule has 0 spiro atoms. The molecule has 0 unspecified atom stereocenters. The topological polar surface area (TPSA) is 66.3 Å². The Morgan fingerprint density at radius 2 is 1.73 bits per heavy atom. The van der Waals surface area contributed by atoms with Crippen molar-refractivity contribution >= 4 is 35.4 Å². The zero-order valence-corrected chi connectivity index (χ0v) is 19.1. The van der Waals surface area contributed by atoms with Crippen LogP contribution >= 0.6 is 23.8 Å². The first-order valence-electron chi connectivity index (χ1n) is 10.1. The molecule has 0 aliphatic rings. The van der Waals surface area contributed by atoms with Crippen LogP contribution < -0.4 is 4.90 Å². The number of pyridine rings is 2. The van der Waals surface area contributed by atoms with Gasteiger partial charge in [-0.1, -0.05) is 24.3 Å². The zero-order valence-electron chi connectivity index (χ0n) is 17.5. The Bertz CT molecular complexity index is 1210. The van der Waals surface area contributed by atoms with Gasteiger partial charge in [-0.05, 0) is 60.2 Å². The van der Waals surface area contributed by atoms with Crippen molar-refractivity contribution in [2.45, 2.75) is 22.2 Å². The number of benzene rings is 2. The molecule has 0 fully saturated rings. The fraction of sp³-hybridized carbons (Fsp3) is 0.0800. The molecule has 33 heavy (non-hydrogen) atoms. The number of carbonyl (C=O) groups is 1. The quantitative estimate of drug-likeness (QED) is 0.237. The Balaban J connectivity index is 1.51. The molecule has 166 valence electrons. The van der Waals surface area contributed by atoms with E-state index in [0.29, 0.717) is 17.0 Å². The van der Waals surface area contributed by atoms with Gasteiger partial charge in [-0.3, -0.25) is 9.78 Å². The molecule has 0 saturated carbocycles. The monoisotopic (exact) mass is 477 g/mol. The Morgan fingerprint density at radius 3 is 2.42 bits per heavy atom. The summed E-state index contributed by atoms with van der Waals surface area (Å²) < 4.78 is 22.8. The molecule has 0 bridgehead atoms. The molecule has 2 heterocycles. The summed E-state index contributed by atoms with van der Waals surface area (Å²) in [6.07, 6.45) is 3.22. The van der Waals surface area contributed by atoms with Crippen molar-refractivity contribution in [3.8, 4) is 0 Å². The second-order valence-electron chi connectivity index (χ2n) is 7.06. The maximum Gasteiger partial charge on any atom is 0.260 e. The Kier molecular flexibility index (Phi) is 7.72. The van der Waals surface area contributed by atoms with E-state index in [1.807, 2.05) is 42.5 Å². The SMILES string of the molecule is O=C(c1ccc(SCc2ccccc2SO)nc1)N(Cc1ccccn1)c1ccc(F)cc1. The number of amides is 1. The molecule has 0 radical (unpaired) electrons. The van der Waals surface area contributed by atoms with E-state index in [2.05, 4.69) is 9.97 Å². The van der Waals surface area contributed by atoms with Crippen LogP contribution in [0.15, 0.2) is 101 Å². The summed E-state index contributed by atoms with van der Waals surface area (Å²) in [5.74, 6) is 0.0253. The molecular formula is C25H20FN3O2S2. The number of nitrogens with zero attached hydrogens (tertiary/aromatic N) is 3. The van der Waals surface area contributed by atoms with Gasteiger partial charge in [0.25, 0.3) is 5.91 Å². The normalized spacial score (nSPS) is 10.7. The number of hydrogen-bond donors (Lipinski definition) is 1. The van der Waals surface area contributed by atoms with Crippen molar-refractivity contribution in [3.63, 3.8) is 0 Å². The van der Waals surface area contributed by atoms with Gasteiger partial charge in [0.05, 0.1) is 22.8 Å². The first-order valence-corrected chi connectivity index (χ1v) is 11.9. The van der Waals surface area contributed by atoms with Crippen LogP contribution in [0.5, 0.6) is 0 Å². The van der Waals surface area contributed by atoms with Crippen molar-refractivity contribution in [2.75, 3.05) is 4.90 Å². The highest BCUT2D eigenvalue weighted by atomic mass is 32.2. The van der Waals surface area contributed by atoms with Crippen LogP contribution in [0.2, 0.25) is 0 Å². The smallest absolute Gasteiger partial charge is 0.260 e.